The number of rotatable bonds is 7. The zero-order chi connectivity index (χ0) is 24.0. The van der Waals surface area contributed by atoms with Gasteiger partial charge in [0.1, 0.15) is 17.1 Å². The van der Waals surface area contributed by atoms with Crippen LogP contribution in [0.5, 0.6) is 5.75 Å². The fraction of sp³-hybridized carbons (Fsp3) is 0.364. The summed E-state index contributed by atoms with van der Waals surface area (Å²) in [7, 11) is -2.49. The van der Waals surface area contributed by atoms with E-state index < -0.39 is 34.3 Å². The van der Waals surface area contributed by atoms with E-state index in [-0.39, 0.29) is 26.9 Å². The van der Waals surface area contributed by atoms with Crippen LogP contribution in [0.4, 0.5) is 10.1 Å². The minimum Gasteiger partial charge on any atom is -0.496 e. The van der Waals surface area contributed by atoms with Gasteiger partial charge in [-0.1, -0.05) is 24.4 Å². The summed E-state index contributed by atoms with van der Waals surface area (Å²) in [6.07, 6.45) is 3.47. The number of hydrogen-bond donors (Lipinski definition) is 1. The third kappa shape index (κ3) is 6.21. The molecule has 0 radical (unpaired) electrons. The number of halogens is 2. The van der Waals surface area contributed by atoms with Gasteiger partial charge in [0, 0.05) is 18.1 Å². The van der Waals surface area contributed by atoms with Crippen molar-refractivity contribution in [2.75, 3.05) is 32.1 Å². The Kier molecular flexibility index (Phi) is 8.28. The third-order valence-corrected chi connectivity index (χ3v) is 7.26. The Morgan fingerprint density at radius 1 is 1.09 bits per heavy atom. The van der Waals surface area contributed by atoms with Crippen LogP contribution in [-0.4, -0.2) is 51.4 Å². The zero-order valence-electron chi connectivity index (χ0n) is 18.0. The summed E-state index contributed by atoms with van der Waals surface area (Å²) >= 11 is 5.79. The molecule has 1 amide bonds. The average Bonchev–Trinajstić information content (AvgIpc) is 3.09. The molecule has 3 rings (SSSR count). The first-order valence-corrected chi connectivity index (χ1v) is 12.1. The van der Waals surface area contributed by atoms with Crippen LogP contribution in [0.1, 0.15) is 36.0 Å². The smallest absolute Gasteiger partial charge is 0.342 e. The second kappa shape index (κ2) is 11.0. The standard InChI is InChI=1S/C22H24ClFN2O6S/c1-31-20-9-7-16(33(29,30)26-10-4-2-3-5-11-26)13-17(20)22(28)32-14-21(27)25-19-12-15(23)6-8-18(19)24/h6-9,12-13H,2-5,10-11,14H2,1H3,(H,25,27). The summed E-state index contributed by atoms with van der Waals surface area (Å²) < 4.78 is 51.5. The lowest BCUT2D eigenvalue weighted by Gasteiger charge is -2.20. The molecule has 1 aliphatic rings. The molecule has 2 aromatic carbocycles. The van der Waals surface area contributed by atoms with Crippen molar-refractivity contribution in [3.63, 3.8) is 0 Å². The topological polar surface area (TPSA) is 102 Å². The van der Waals surface area contributed by atoms with E-state index in [1.165, 1.54) is 41.7 Å². The van der Waals surface area contributed by atoms with E-state index in [0.717, 1.165) is 31.7 Å². The molecule has 2 aromatic rings. The summed E-state index contributed by atoms with van der Waals surface area (Å²) in [5, 5.41) is 2.48. The van der Waals surface area contributed by atoms with Gasteiger partial charge in [-0.3, -0.25) is 4.79 Å². The summed E-state index contributed by atoms with van der Waals surface area (Å²) in [5.41, 5.74) is -0.304. The number of nitrogens with one attached hydrogen (secondary N) is 1. The molecule has 0 bridgehead atoms. The molecule has 1 aliphatic heterocycles. The van der Waals surface area contributed by atoms with Crippen molar-refractivity contribution < 1.29 is 31.9 Å². The van der Waals surface area contributed by atoms with Crippen molar-refractivity contribution >= 4 is 39.2 Å². The fourth-order valence-electron chi connectivity index (χ4n) is 3.43. The molecule has 33 heavy (non-hydrogen) atoms. The third-order valence-electron chi connectivity index (χ3n) is 5.13. The Morgan fingerprint density at radius 3 is 2.45 bits per heavy atom. The van der Waals surface area contributed by atoms with Crippen molar-refractivity contribution in [2.24, 2.45) is 0 Å². The molecule has 1 heterocycles. The fourth-order valence-corrected chi connectivity index (χ4v) is 5.14. The Morgan fingerprint density at radius 2 is 1.79 bits per heavy atom. The lowest BCUT2D eigenvalue weighted by atomic mass is 10.2. The van der Waals surface area contributed by atoms with Crippen LogP contribution in [0.15, 0.2) is 41.3 Å². The van der Waals surface area contributed by atoms with Crippen LogP contribution in [0, 0.1) is 5.82 Å². The first kappa shape index (κ1) is 24.9. The highest BCUT2D eigenvalue weighted by molar-refractivity contribution is 7.89. The molecule has 1 saturated heterocycles. The number of carbonyl (C=O) groups excluding carboxylic acids is 2. The number of carbonyl (C=O) groups is 2. The molecule has 0 spiro atoms. The molecular weight excluding hydrogens is 475 g/mol. The molecule has 0 unspecified atom stereocenters. The Bertz CT molecular complexity index is 1130. The largest absolute Gasteiger partial charge is 0.496 e. The quantitative estimate of drug-likeness (QED) is 0.582. The van der Waals surface area contributed by atoms with Crippen LogP contribution in [0.3, 0.4) is 0 Å². The molecular formula is C22H24ClFN2O6S. The number of nitrogens with zero attached hydrogens (tertiary/aromatic N) is 1. The maximum Gasteiger partial charge on any atom is 0.342 e. The zero-order valence-corrected chi connectivity index (χ0v) is 19.5. The van der Waals surface area contributed by atoms with Crippen molar-refractivity contribution in [3.05, 3.63) is 52.8 Å². The van der Waals surface area contributed by atoms with Crippen LogP contribution in [0.2, 0.25) is 5.02 Å². The van der Waals surface area contributed by atoms with E-state index in [0.29, 0.717) is 13.1 Å². The van der Waals surface area contributed by atoms with Crippen LogP contribution in [-0.2, 0) is 19.6 Å². The predicted octanol–water partition coefficient (Wildman–Crippen LogP) is 3.85. The molecule has 0 saturated carbocycles. The molecule has 8 nitrogen and oxygen atoms in total. The summed E-state index contributed by atoms with van der Waals surface area (Å²) in [4.78, 5) is 24.7. The van der Waals surface area contributed by atoms with Crippen molar-refractivity contribution in [1.29, 1.82) is 0 Å². The monoisotopic (exact) mass is 498 g/mol. The number of benzene rings is 2. The van der Waals surface area contributed by atoms with E-state index in [9.17, 15) is 22.4 Å². The summed E-state index contributed by atoms with van der Waals surface area (Å²) in [5.74, 6) is -2.36. The highest BCUT2D eigenvalue weighted by atomic mass is 35.5. The summed E-state index contributed by atoms with van der Waals surface area (Å²) in [6.45, 7) is 0.0970. The first-order valence-electron chi connectivity index (χ1n) is 10.3. The van der Waals surface area contributed by atoms with E-state index >= 15 is 0 Å². The molecule has 0 aliphatic carbocycles. The van der Waals surface area contributed by atoms with Gasteiger partial charge in [0.25, 0.3) is 5.91 Å². The van der Waals surface area contributed by atoms with Gasteiger partial charge >= 0.3 is 5.97 Å². The second-order valence-electron chi connectivity index (χ2n) is 7.43. The van der Waals surface area contributed by atoms with Gasteiger partial charge in [0.15, 0.2) is 6.61 Å². The van der Waals surface area contributed by atoms with Crippen LogP contribution in [0.25, 0.3) is 0 Å². The number of anilines is 1. The highest BCUT2D eigenvalue weighted by Crippen LogP contribution is 2.27. The number of hydrogen-bond acceptors (Lipinski definition) is 6. The molecule has 1 fully saturated rings. The lowest BCUT2D eigenvalue weighted by molar-refractivity contribution is -0.119. The van der Waals surface area contributed by atoms with Gasteiger partial charge in [0.05, 0.1) is 17.7 Å². The van der Waals surface area contributed by atoms with Crippen molar-refractivity contribution in [3.8, 4) is 5.75 Å². The normalized spacial score (nSPS) is 14.9. The van der Waals surface area contributed by atoms with E-state index in [1.807, 2.05) is 0 Å². The minimum atomic E-state index is -3.81. The van der Waals surface area contributed by atoms with Gasteiger partial charge in [-0.25, -0.2) is 17.6 Å². The van der Waals surface area contributed by atoms with E-state index in [4.69, 9.17) is 21.1 Å². The Balaban J connectivity index is 1.74. The van der Waals surface area contributed by atoms with Gasteiger partial charge in [-0.2, -0.15) is 4.31 Å². The number of ether oxygens (including phenoxy) is 2. The number of sulfonamides is 1. The van der Waals surface area contributed by atoms with Gasteiger partial charge in [-0.05, 0) is 49.2 Å². The highest BCUT2D eigenvalue weighted by Gasteiger charge is 2.27. The Hall–Kier alpha value is -2.69. The van der Waals surface area contributed by atoms with Gasteiger partial charge in [-0.15, -0.1) is 0 Å². The number of amides is 1. The molecule has 1 N–H and O–H groups in total. The first-order chi connectivity index (χ1) is 15.7. The summed E-state index contributed by atoms with van der Waals surface area (Å²) in [6, 6.07) is 7.54. The van der Waals surface area contributed by atoms with Crippen LogP contribution < -0.4 is 10.1 Å². The number of methoxy groups -OCH3 is 1. The van der Waals surface area contributed by atoms with Crippen molar-refractivity contribution in [1.82, 2.24) is 4.31 Å². The lowest BCUT2D eigenvalue weighted by Crippen LogP contribution is -2.32. The van der Waals surface area contributed by atoms with Crippen LogP contribution >= 0.6 is 11.6 Å². The minimum absolute atomic E-state index is 0.0670. The maximum absolute atomic E-state index is 13.8. The van der Waals surface area contributed by atoms with Crippen molar-refractivity contribution in [2.45, 2.75) is 30.6 Å². The van der Waals surface area contributed by atoms with Gasteiger partial charge in [0.2, 0.25) is 10.0 Å². The SMILES string of the molecule is COc1ccc(S(=O)(=O)N2CCCCCC2)cc1C(=O)OCC(=O)Nc1cc(Cl)ccc1F. The van der Waals surface area contributed by atoms with Gasteiger partial charge < -0.3 is 14.8 Å². The molecule has 0 atom stereocenters. The van der Waals surface area contributed by atoms with E-state index in [2.05, 4.69) is 5.32 Å². The maximum atomic E-state index is 13.8. The second-order valence-corrected chi connectivity index (χ2v) is 9.80. The Labute approximate surface area is 196 Å². The molecule has 11 heteroatoms. The predicted molar refractivity (Wildman–Crippen MR) is 121 cm³/mol. The average molecular weight is 499 g/mol. The van der Waals surface area contributed by atoms with E-state index in [1.54, 1.807) is 0 Å². The number of esters is 1. The molecule has 0 aromatic heterocycles. The molecule has 178 valence electrons.